The van der Waals surface area contributed by atoms with Crippen LogP contribution in [0.4, 0.5) is 5.69 Å². The Morgan fingerprint density at radius 2 is 2.14 bits per heavy atom. The van der Waals surface area contributed by atoms with Crippen LogP contribution in [0.25, 0.3) is 0 Å². The normalized spacial score (nSPS) is 21.9. The third-order valence-corrected chi connectivity index (χ3v) is 4.58. The predicted molar refractivity (Wildman–Crippen MR) is 81.6 cm³/mol. The Kier molecular flexibility index (Phi) is 4.83. The molecule has 0 spiro atoms. The number of rotatable bonds is 3. The fourth-order valence-electron chi connectivity index (χ4n) is 2.94. The van der Waals surface area contributed by atoms with Crippen LogP contribution >= 0.6 is 11.6 Å². The van der Waals surface area contributed by atoms with E-state index in [4.69, 9.17) is 11.6 Å². The molecule has 2 unspecified atom stereocenters. The first kappa shape index (κ1) is 15.8. The van der Waals surface area contributed by atoms with Crippen LogP contribution in [-0.4, -0.2) is 28.8 Å². The molecule has 5 nitrogen and oxygen atoms in total. The van der Waals surface area contributed by atoms with Crippen molar-refractivity contribution in [3.63, 3.8) is 0 Å². The summed E-state index contributed by atoms with van der Waals surface area (Å²) in [4.78, 5) is 24.6. The van der Waals surface area contributed by atoms with E-state index in [1.165, 1.54) is 18.6 Å². The van der Waals surface area contributed by atoms with Gasteiger partial charge in [0, 0.05) is 19.2 Å². The van der Waals surface area contributed by atoms with Crippen LogP contribution in [-0.2, 0) is 0 Å². The van der Waals surface area contributed by atoms with Gasteiger partial charge in [-0.15, -0.1) is 0 Å². The highest BCUT2D eigenvalue weighted by atomic mass is 35.5. The van der Waals surface area contributed by atoms with Gasteiger partial charge in [0.1, 0.15) is 5.02 Å². The third kappa shape index (κ3) is 3.35. The summed E-state index contributed by atoms with van der Waals surface area (Å²) in [6.07, 6.45) is 4.23. The fraction of sp³-hybridized carbons (Fsp3) is 0.533. The van der Waals surface area contributed by atoms with Crippen molar-refractivity contribution in [1.29, 1.82) is 0 Å². The number of hydrogen-bond donors (Lipinski definition) is 0. The van der Waals surface area contributed by atoms with Gasteiger partial charge in [0.05, 0.1) is 10.5 Å². The highest BCUT2D eigenvalue weighted by molar-refractivity contribution is 6.35. The largest absolute Gasteiger partial charge is 0.339 e. The summed E-state index contributed by atoms with van der Waals surface area (Å²) in [5.74, 6) is 0.349. The average molecular weight is 311 g/mol. The number of amides is 1. The summed E-state index contributed by atoms with van der Waals surface area (Å²) < 4.78 is 0. The number of carbonyl (C=O) groups excluding carboxylic acids is 1. The van der Waals surface area contributed by atoms with E-state index in [2.05, 4.69) is 6.92 Å². The van der Waals surface area contributed by atoms with Gasteiger partial charge in [-0.05, 0) is 24.8 Å². The van der Waals surface area contributed by atoms with Crippen molar-refractivity contribution in [2.45, 2.75) is 38.6 Å². The van der Waals surface area contributed by atoms with Crippen LogP contribution in [0, 0.1) is 16.0 Å². The lowest BCUT2D eigenvalue weighted by Crippen LogP contribution is -2.40. The molecule has 6 heteroatoms. The van der Waals surface area contributed by atoms with Crippen molar-refractivity contribution < 1.29 is 9.72 Å². The van der Waals surface area contributed by atoms with E-state index in [1.54, 1.807) is 18.0 Å². The second kappa shape index (κ2) is 6.43. The average Bonchev–Trinajstić information content (AvgIpc) is 2.45. The zero-order chi connectivity index (χ0) is 15.6. The molecular formula is C15H19ClN2O3. The van der Waals surface area contributed by atoms with Crippen molar-refractivity contribution in [2.75, 3.05) is 7.05 Å². The molecule has 0 aromatic heterocycles. The van der Waals surface area contributed by atoms with Gasteiger partial charge in [0.2, 0.25) is 0 Å². The molecular weight excluding hydrogens is 292 g/mol. The molecule has 1 amide bonds. The quantitative estimate of drug-likeness (QED) is 0.628. The fourth-order valence-corrected chi connectivity index (χ4v) is 3.21. The van der Waals surface area contributed by atoms with Gasteiger partial charge in [-0.2, -0.15) is 0 Å². The van der Waals surface area contributed by atoms with Crippen LogP contribution in [0.15, 0.2) is 18.2 Å². The van der Waals surface area contributed by atoms with Gasteiger partial charge in [-0.25, -0.2) is 0 Å². The second-order valence-electron chi connectivity index (χ2n) is 5.74. The smallest absolute Gasteiger partial charge is 0.288 e. The van der Waals surface area contributed by atoms with Gasteiger partial charge in [0.15, 0.2) is 0 Å². The molecule has 0 heterocycles. The lowest BCUT2D eigenvalue weighted by atomic mass is 9.86. The third-order valence-electron chi connectivity index (χ3n) is 4.18. The summed E-state index contributed by atoms with van der Waals surface area (Å²) >= 11 is 6.02. The van der Waals surface area contributed by atoms with Gasteiger partial charge < -0.3 is 4.90 Å². The number of nitrogens with zero attached hydrogens (tertiary/aromatic N) is 2. The molecule has 0 aliphatic heterocycles. The Labute approximate surface area is 129 Å². The number of halogens is 1. The zero-order valence-corrected chi connectivity index (χ0v) is 13.0. The Balaban J connectivity index is 2.23. The maximum absolute atomic E-state index is 12.6. The lowest BCUT2D eigenvalue weighted by Gasteiger charge is -2.34. The van der Waals surface area contributed by atoms with Crippen molar-refractivity contribution >= 4 is 23.2 Å². The molecule has 0 radical (unpaired) electrons. The molecule has 1 aliphatic carbocycles. The molecule has 114 valence electrons. The van der Waals surface area contributed by atoms with Crippen LogP contribution in [0.2, 0.25) is 5.02 Å². The highest BCUT2D eigenvalue weighted by Crippen LogP contribution is 2.31. The van der Waals surface area contributed by atoms with E-state index >= 15 is 0 Å². The topological polar surface area (TPSA) is 63.5 Å². The number of nitro groups is 1. The summed E-state index contributed by atoms with van der Waals surface area (Å²) in [5.41, 5.74) is -0.0282. The maximum Gasteiger partial charge on any atom is 0.288 e. The maximum atomic E-state index is 12.6. The highest BCUT2D eigenvalue weighted by Gasteiger charge is 2.28. The first-order valence-corrected chi connectivity index (χ1v) is 7.49. The first-order valence-electron chi connectivity index (χ1n) is 7.12. The van der Waals surface area contributed by atoms with E-state index in [-0.39, 0.29) is 28.2 Å². The molecule has 0 bridgehead atoms. The van der Waals surface area contributed by atoms with Gasteiger partial charge in [-0.1, -0.05) is 37.4 Å². The van der Waals surface area contributed by atoms with E-state index in [0.29, 0.717) is 5.92 Å². The van der Waals surface area contributed by atoms with Crippen molar-refractivity contribution in [3.05, 3.63) is 38.9 Å². The Hall–Kier alpha value is -1.62. The summed E-state index contributed by atoms with van der Waals surface area (Å²) in [7, 11) is 1.75. The minimum atomic E-state index is -0.568. The lowest BCUT2D eigenvalue weighted by molar-refractivity contribution is -0.384. The van der Waals surface area contributed by atoms with Crippen molar-refractivity contribution in [2.24, 2.45) is 5.92 Å². The number of carbonyl (C=O) groups is 1. The van der Waals surface area contributed by atoms with Gasteiger partial charge in [-0.3, -0.25) is 14.9 Å². The second-order valence-corrected chi connectivity index (χ2v) is 6.12. The predicted octanol–water partition coefficient (Wildman–Crippen LogP) is 3.90. The summed E-state index contributed by atoms with van der Waals surface area (Å²) in [6, 6.07) is 4.52. The molecule has 1 fully saturated rings. The number of nitro benzene ring substituents is 1. The molecule has 2 atom stereocenters. The summed E-state index contributed by atoms with van der Waals surface area (Å²) in [5, 5.41) is 10.8. The Bertz CT molecular complexity index is 562. The minimum absolute atomic E-state index is 0.0804. The standard InChI is InChI=1S/C15H19ClN2O3/c1-10-5-3-6-11(9-10)17(2)15(19)12-7-4-8-13(14(12)16)18(20)21/h4,7-8,10-11H,3,5-6,9H2,1-2H3. The molecule has 2 rings (SSSR count). The van der Waals surface area contributed by atoms with E-state index in [1.807, 2.05) is 0 Å². The molecule has 0 saturated heterocycles. The van der Waals surface area contributed by atoms with Crippen molar-refractivity contribution in [3.8, 4) is 0 Å². The molecule has 1 saturated carbocycles. The molecule has 21 heavy (non-hydrogen) atoms. The number of hydrogen-bond acceptors (Lipinski definition) is 3. The van der Waals surface area contributed by atoms with Gasteiger partial charge in [0.25, 0.3) is 11.6 Å². The monoisotopic (exact) mass is 310 g/mol. The molecule has 1 aromatic rings. The SMILES string of the molecule is CC1CCCC(N(C)C(=O)c2cccc([N+](=O)[O-])c2Cl)C1. The van der Waals surface area contributed by atoms with Crippen LogP contribution in [0.5, 0.6) is 0 Å². The number of benzene rings is 1. The Morgan fingerprint density at radius 1 is 1.43 bits per heavy atom. The van der Waals surface area contributed by atoms with E-state index in [9.17, 15) is 14.9 Å². The van der Waals surface area contributed by atoms with Gasteiger partial charge >= 0.3 is 0 Å². The summed E-state index contributed by atoms with van der Waals surface area (Å²) in [6.45, 7) is 2.19. The van der Waals surface area contributed by atoms with E-state index in [0.717, 1.165) is 19.3 Å². The molecule has 1 aromatic carbocycles. The minimum Gasteiger partial charge on any atom is -0.339 e. The Morgan fingerprint density at radius 3 is 2.76 bits per heavy atom. The first-order chi connectivity index (χ1) is 9.91. The molecule has 0 N–H and O–H groups in total. The van der Waals surface area contributed by atoms with Crippen LogP contribution in [0.1, 0.15) is 43.0 Å². The zero-order valence-electron chi connectivity index (χ0n) is 12.2. The van der Waals surface area contributed by atoms with Crippen LogP contribution in [0.3, 0.4) is 0 Å². The van der Waals surface area contributed by atoms with Crippen molar-refractivity contribution in [1.82, 2.24) is 4.90 Å². The van der Waals surface area contributed by atoms with E-state index < -0.39 is 4.92 Å². The molecule has 1 aliphatic rings. The van der Waals surface area contributed by atoms with Crippen LogP contribution < -0.4 is 0 Å².